The Kier molecular flexibility index (Phi) is 4.01. The minimum absolute atomic E-state index is 0.215. The Balaban J connectivity index is 1.94. The molecule has 3 aromatic carbocycles. The summed E-state index contributed by atoms with van der Waals surface area (Å²) in [5, 5.41) is 4.60. The molecule has 1 heterocycles. The van der Waals surface area contributed by atoms with E-state index in [0.29, 0.717) is 35.1 Å². The number of benzene rings is 3. The van der Waals surface area contributed by atoms with Crippen molar-refractivity contribution in [2.75, 3.05) is 26.3 Å². The first-order valence-corrected chi connectivity index (χ1v) is 8.04. The van der Waals surface area contributed by atoms with Gasteiger partial charge in [0.2, 0.25) is 13.2 Å². The smallest absolute Gasteiger partial charge is 0.231 e. The van der Waals surface area contributed by atoms with E-state index >= 15 is 0 Å². The summed E-state index contributed by atoms with van der Waals surface area (Å²) in [7, 11) is 3.17. The number of nitrogens with one attached hydrogen (secondary N) is 1. The Morgan fingerprint density at radius 3 is 2.50 bits per heavy atom. The van der Waals surface area contributed by atoms with E-state index in [4.69, 9.17) is 18.9 Å². The lowest BCUT2D eigenvalue weighted by Gasteiger charge is -2.15. The largest absolute Gasteiger partial charge is 0.493 e. The third-order valence-electron chi connectivity index (χ3n) is 4.41. The SMILES string of the molecule is COc1cc2ccc(-c3ccc4c(c3)OCO4)c(NC=O)c2cc1OC. The molecule has 1 N–H and O–H groups in total. The molecule has 1 aliphatic heterocycles. The lowest BCUT2D eigenvalue weighted by molar-refractivity contribution is -0.105. The molecule has 3 aromatic rings. The van der Waals surface area contributed by atoms with Crippen LogP contribution in [0.3, 0.4) is 0 Å². The van der Waals surface area contributed by atoms with Gasteiger partial charge in [-0.1, -0.05) is 18.2 Å². The third-order valence-corrected chi connectivity index (χ3v) is 4.41. The second-order valence-corrected chi connectivity index (χ2v) is 5.75. The summed E-state index contributed by atoms with van der Waals surface area (Å²) in [6.07, 6.45) is 0.669. The lowest BCUT2D eigenvalue weighted by atomic mass is 9.97. The molecule has 6 heteroatoms. The Bertz CT molecular complexity index is 999. The molecular weight excluding hydrogens is 334 g/mol. The molecule has 0 radical (unpaired) electrons. The molecule has 0 unspecified atom stereocenters. The van der Waals surface area contributed by atoms with E-state index in [-0.39, 0.29) is 6.79 Å². The minimum Gasteiger partial charge on any atom is -0.493 e. The van der Waals surface area contributed by atoms with E-state index < -0.39 is 0 Å². The number of carbonyl (C=O) groups excluding carboxylic acids is 1. The van der Waals surface area contributed by atoms with Gasteiger partial charge < -0.3 is 24.3 Å². The van der Waals surface area contributed by atoms with Gasteiger partial charge in [0, 0.05) is 10.9 Å². The molecule has 0 aromatic heterocycles. The maximum atomic E-state index is 11.3. The van der Waals surface area contributed by atoms with Crippen LogP contribution < -0.4 is 24.3 Å². The van der Waals surface area contributed by atoms with Crippen LogP contribution in [-0.2, 0) is 4.79 Å². The molecule has 132 valence electrons. The third kappa shape index (κ3) is 2.56. The van der Waals surface area contributed by atoms with Gasteiger partial charge >= 0.3 is 0 Å². The van der Waals surface area contributed by atoms with Gasteiger partial charge in [0.15, 0.2) is 23.0 Å². The predicted molar refractivity (Wildman–Crippen MR) is 98.3 cm³/mol. The van der Waals surface area contributed by atoms with Crippen molar-refractivity contribution in [2.24, 2.45) is 0 Å². The topological polar surface area (TPSA) is 66.0 Å². The summed E-state index contributed by atoms with van der Waals surface area (Å²) in [6.45, 7) is 0.215. The van der Waals surface area contributed by atoms with E-state index in [0.717, 1.165) is 21.9 Å². The highest BCUT2D eigenvalue weighted by Crippen LogP contribution is 2.42. The fraction of sp³-hybridized carbons (Fsp3) is 0.150. The van der Waals surface area contributed by atoms with Gasteiger partial charge in [-0.25, -0.2) is 0 Å². The highest BCUT2D eigenvalue weighted by Gasteiger charge is 2.17. The van der Waals surface area contributed by atoms with Gasteiger partial charge in [-0.2, -0.15) is 0 Å². The van der Waals surface area contributed by atoms with Crippen LogP contribution in [0.4, 0.5) is 5.69 Å². The predicted octanol–water partition coefficient (Wildman–Crippen LogP) is 3.82. The molecule has 0 spiro atoms. The second-order valence-electron chi connectivity index (χ2n) is 5.75. The Morgan fingerprint density at radius 1 is 0.962 bits per heavy atom. The summed E-state index contributed by atoms with van der Waals surface area (Å²) in [4.78, 5) is 11.3. The molecule has 0 atom stereocenters. The molecule has 1 aliphatic rings. The van der Waals surface area contributed by atoms with Crippen LogP contribution in [-0.4, -0.2) is 27.4 Å². The van der Waals surface area contributed by atoms with Gasteiger partial charge in [0.1, 0.15) is 0 Å². The monoisotopic (exact) mass is 351 g/mol. The molecule has 1 amide bonds. The van der Waals surface area contributed by atoms with Gasteiger partial charge in [-0.05, 0) is 35.2 Å². The van der Waals surface area contributed by atoms with E-state index in [9.17, 15) is 4.79 Å². The number of ether oxygens (including phenoxy) is 4. The van der Waals surface area contributed by atoms with Crippen LogP contribution in [0.1, 0.15) is 0 Å². The molecular formula is C20H17NO5. The number of fused-ring (bicyclic) bond motifs is 2. The maximum absolute atomic E-state index is 11.3. The van der Waals surface area contributed by atoms with Crippen LogP contribution in [0.25, 0.3) is 21.9 Å². The average Bonchev–Trinajstić information content (AvgIpc) is 3.15. The van der Waals surface area contributed by atoms with Crippen LogP contribution in [0, 0.1) is 0 Å². The van der Waals surface area contributed by atoms with Crippen LogP contribution >= 0.6 is 0 Å². The Morgan fingerprint density at radius 2 is 1.73 bits per heavy atom. The lowest BCUT2D eigenvalue weighted by Crippen LogP contribution is -1.99. The number of carbonyl (C=O) groups is 1. The van der Waals surface area contributed by atoms with E-state index in [2.05, 4.69) is 5.32 Å². The highest BCUT2D eigenvalue weighted by molar-refractivity contribution is 6.06. The highest BCUT2D eigenvalue weighted by atomic mass is 16.7. The number of hydrogen-bond acceptors (Lipinski definition) is 5. The molecule has 0 saturated carbocycles. The first-order chi connectivity index (χ1) is 12.7. The van der Waals surface area contributed by atoms with Crippen LogP contribution in [0.2, 0.25) is 0 Å². The van der Waals surface area contributed by atoms with Crippen molar-refractivity contribution >= 4 is 22.9 Å². The zero-order valence-corrected chi connectivity index (χ0v) is 14.4. The van der Waals surface area contributed by atoms with Crippen molar-refractivity contribution in [3.05, 3.63) is 42.5 Å². The number of methoxy groups -OCH3 is 2. The van der Waals surface area contributed by atoms with Crippen LogP contribution in [0.5, 0.6) is 23.0 Å². The van der Waals surface area contributed by atoms with Crippen LogP contribution in [0.15, 0.2) is 42.5 Å². The van der Waals surface area contributed by atoms with Gasteiger partial charge in [0.25, 0.3) is 0 Å². The molecule has 6 nitrogen and oxygen atoms in total. The summed E-state index contributed by atoms with van der Waals surface area (Å²) in [5.74, 6) is 2.63. The van der Waals surface area contributed by atoms with Crippen molar-refractivity contribution in [3.8, 4) is 34.1 Å². The fourth-order valence-electron chi connectivity index (χ4n) is 3.17. The normalized spacial score (nSPS) is 12.1. The Labute approximate surface area is 150 Å². The molecule has 4 rings (SSSR count). The molecule has 0 saturated heterocycles. The fourth-order valence-corrected chi connectivity index (χ4v) is 3.17. The van der Waals surface area contributed by atoms with E-state index in [1.807, 2.05) is 42.5 Å². The zero-order chi connectivity index (χ0) is 18.1. The Hall–Kier alpha value is -3.41. The number of anilines is 1. The van der Waals surface area contributed by atoms with Crippen molar-refractivity contribution in [2.45, 2.75) is 0 Å². The first-order valence-electron chi connectivity index (χ1n) is 8.04. The van der Waals surface area contributed by atoms with Crippen molar-refractivity contribution in [1.82, 2.24) is 0 Å². The van der Waals surface area contributed by atoms with Crippen molar-refractivity contribution < 1.29 is 23.7 Å². The second kappa shape index (κ2) is 6.48. The molecule has 0 aliphatic carbocycles. The van der Waals surface area contributed by atoms with Crippen molar-refractivity contribution in [3.63, 3.8) is 0 Å². The van der Waals surface area contributed by atoms with E-state index in [1.54, 1.807) is 14.2 Å². The quantitative estimate of drug-likeness (QED) is 0.708. The summed E-state index contributed by atoms with van der Waals surface area (Å²) < 4.78 is 21.6. The zero-order valence-electron chi connectivity index (χ0n) is 14.4. The molecule has 0 bridgehead atoms. The minimum atomic E-state index is 0.215. The van der Waals surface area contributed by atoms with E-state index in [1.165, 1.54) is 0 Å². The summed E-state index contributed by atoms with van der Waals surface area (Å²) >= 11 is 0. The number of rotatable bonds is 5. The number of amides is 1. The van der Waals surface area contributed by atoms with Gasteiger partial charge in [-0.15, -0.1) is 0 Å². The van der Waals surface area contributed by atoms with Crippen molar-refractivity contribution in [1.29, 1.82) is 0 Å². The standard InChI is InChI=1S/C20H17NO5/c1-23-17-7-13-3-5-14(12-4-6-16-19(8-12)26-11-25-16)20(21-10-22)15(13)9-18(17)24-2/h3-10H,11H2,1-2H3,(H,21,22). The van der Waals surface area contributed by atoms with Gasteiger partial charge in [-0.3, -0.25) is 4.79 Å². The van der Waals surface area contributed by atoms with Gasteiger partial charge in [0.05, 0.1) is 19.9 Å². The maximum Gasteiger partial charge on any atom is 0.231 e. The molecule has 26 heavy (non-hydrogen) atoms. The number of hydrogen-bond donors (Lipinski definition) is 1. The molecule has 0 fully saturated rings. The average molecular weight is 351 g/mol. The summed E-state index contributed by atoms with van der Waals surface area (Å²) in [6, 6.07) is 13.4. The first kappa shape index (κ1) is 16.1. The summed E-state index contributed by atoms with van der Waals surface area (Å²) in [5.41, 5.74) is 2.47.